The average Bonchev–Trinajstić information content (AvgIpc) is 3.92. The van der Waals surface area contributed by atoms with E-state index in [-0.39, 0.29) is 0 Å². The van der Waals surface area contributed by atoms with Crippen LogP contribution in [0.2, 0.25) is 0 Å². The minimum absolute atomic E-state index is 1.02. The lowest BCUT2D eigenvalue weighted by Crippen LogP contribution is -2.36. The molecule has 10 aromatic carbocycles. The Kier molecular flexibility index (Phi) is 9.59. The lowest BCUT2D eigenvalue weighted by Gasteiger charge is -2.21. The maximum Gasteiger partial charge on any atom is 0.0349 e. The van der Waals surface area contributed by atoms with E-state index in [1.54, 1.807) is 0 Å². The standard InChI is InChI=1S/C68H48S/c1-3-17-48-40-51(34-28-43(48)14-1)66-55-21-7-8-22-56(55)67(52-35-29-44-15-2-4-18-49(44)41-52)62-42-50(36-37-61(62)66)64-39-38-63(69-64)46-30-32-47(33-31-46)65-57-23-9-11-25-59(57)68(60-26-12-10-24-58(60)65)54-27-13-19-45-16-5-6-20-53(45)54/h1-4,7-9,11,13-30,32,34-42H,5-6,10,12,31,33H2. The summed E-state index contributed by atoms with van der Waals surface area (Å²) in [7, 11) is 0. The van der Waals surface area contributed by atoms with Crippen LogP contribution in [0, 0.1) is 0 Å². The van der Waals surface area contributed by atoms with E-state index in [1.807, 2.05) is 11.3 Å². The largest absolute Gasteiger partial charge is 0.136 e. The summed E-state index contributed by atoms with van der Waals surface area (Å²) in [6, 6.07) is 68.5. The van der Waals surface area contributed by atoms with E-state index in [0.717, 1.165) is 38.5 Å². The summed E-state index contributed by atoms with van der Waals surface area (Å²) in [5, 5.41) is 18.5. The molecule has 69 heavy (non-hydrogen) atoms. The van der Waals surface area contributed by atoms with Gasteiger partial charge >= 0.3 is 0 Å². The molecule has 3 aliphatic carbocycles. The van der Waals surface area contributed by atoms with Gasteiger partial charge in [0, 0.05) is 9.75 Å². The number of hydrogen-bond donors (Lipinski definition) is 0. The van der Waals surface area contributed by atoms with E-state index in [1.165, 1.54) is 140 Å². The molecule has 1 heterocycles. The van der Waals surface area contributed by atoms with E-state index in [2.05, 4.69) is 218 Å². The molecule has 0 unspecified atom stereocenters. The van der Waals surface area contributed by atoms with Gasteiger partial charge in [0.25, 0.3) is 0 Å². The Morgan fingerprint density at radius 2 is 0.812 bits per heavy atom. The summed E-state index contributed by atoms with van der Waals surface area (Å²) in [5.74, 6) is 0. The second-order valence-corrected chi connectivity index (χ2v) is 20.2. The van der Waals surface area contributed by atoms with Gasteiger partial charge < -0.3 is 0 Å². The molecule has 0 nitrogen and oxygen atoms in total. The smallest absolute Gasteiger partial charge is 0.0349 e. The van der Waals surface area contributed by atoms with Gasteiger partial charge in [-0.2, -0.15) is 0 Å². The third-order valence-electron chi connectivity index (χ3n) is 15.2. The molecule has 1 heteroatoms. The van der Waals surface area contributed by atoms with Crippen LogP contribution >= 0.6 is 11.3 Å². The minimum atomic E-state index is 1.02. The first kappa shape index (κ1) is 40.2. The van der Waals surface area contributed by atoms with Crippen molar-refractivity contribution < 1.29 is 0 Å². The fraction of sp³-hybridized carbons (Fsp3) is 0.0882. The van der Waals surface area contributed by atoms with Crippen LogP contribution in [0.25, 0.3) is 133 Å². The van der Waals surface area contributed by atoms with Gasteiger partial charge in [0.15, 0.2) is 0 Å². The maximum absolute atomic E-state index is 2.53. The second kappa shape index (κ2) is 16.4. The van der Waals surface area contributed by atoms with Crippen LogP contribution in [-0.2, 0) is 0 Å². The van der Waals surface area contributed by atoms with Crippen LogP contribution in [0.1, 0.15) is 49.0 Å². The molecule has 0 fully saturated rings. The zero-order valence-electron chi connectivity index (χ0n) is 38.4. The summed E-state index contributed by atoms with van der Waals surface area (Å²) in [6.45, 7) is 0. The van der Waals surface area contributed by atoms with E-state index in [9.17, 15) is 0 Å². The first-order chi connectivity index (χ1) is 34.2. The van der Waals surface area contributed by atoms with Gasteiger partial charge in [-0.1, -0.05) is 188 Å². The summed E-state index contributed by atoms with van der Waals surface area (Å²) < 4.78 is 0. The fourth-order valence-electron chi connectivity index (χ4n) is 12.0. The van der Waals surface area contributed by atoms with Crippen LogP contribution in [0.3, 0.4) is 0 Å². The van der Waals surface area contributed by atoms with E-state index >= 15 is 0 Å². The van der Waals surface area contributed by atoms with Gasteiger partial charge in [-0.3, -0.25) is 0 Å². The van der Waals surface area contributed by atoms with Gasteiger partial charge in [0.2, 0.25) is 0 Å². The zero-order valence-corrected chi connectivity index (χ0v) is 39.3. The van der Waals surface area contributed by atoms with Crippen molar-refractivity contribution in [2.24, 2.45) is 0 Å². The molecule has 0 spiro atoms. The van der Waals surface area contributed by atoms with Gasteiger partial charge in [-0.15, -0.1) is 11.3 Å². The molecule has 0 saturated heterocycles. The SMILES string of the molecule is C1=C(c2ccc(-c3ccc4c(-c5ccc6ccccc6c5)c5ccccc5c(-c5ccc6ccccc6c5)c4c3)s2)CCC(c2c3c(c(-c4cccc5c4=CCCC=5)c4ccccc24)=CCCC=3)=C1. The maximum atomic E-state index is 2.53. The molecule has 0 bridgehead atoms. The Balaban J connectivity index is 0.893. The highest BCUT2D eigenvalue weighted by molar-refractivity contribution is 7.16. The monoisotopic (exact) mass is 896 g/mol. The highest BCUT2D eigenvalue weighted by atomic mass is 32.1. The Hall–Kier alpha value is -7.84. The normalized spacial score (nSPS) is 14.4. The highest BCUT2D eigenvalue weighted by Crippen LogP contribution is 2.47. The van der Waals surface area contributed by atoms with Crippen molar-refractivity contribution in [1.29, 1.82) is 0 Å². The number of allylic oxidation sites excluding steroid dienone is 4. The Bertz CT molecular complexity index is 4300. The van der Waals surface area contributed by atoms with Crippen molar-refractivity contribution in [3.63, 3.8) is 0 Å². The van der Waals surface area contributed by atoms with Crippen molar-refractivity contribution in [2.75, 3.05) is 0 Å². The van der Waals surface area contributed by atoms with Crippen LogP contribution < -0.4 is 20.9 Å². The van der Waals surface area contributed by atoms with Crippen molar-refractivity contribution in [2.45, 2.75) is 38.5 Å². The zero-order chi connectivity index (χ0) is 45.4. The van der Waals surface area contributed by atoms with E-state index in [4.69, 9.17) is 0 Å². The molecular weight excluding hydrogens is 849 g/mol. The van der Waals surface area contributed by atoms with Crippen molar-refractivity contribution >= 4 is 101 Å². The van der Waals surface area contributed by atoms with Gasteiger partial charge in [0.1, 0.15) is 0 Å². The molecule has 0 amide bonds. The number of hydrogen-bond acceptors (Lipinski definition) is 1. The summed E-state index contributed by atoms with van der Waals surface area (Å²) in [5.41, 5.74) is 13.4. The summed E-state index contributed by atoms with van der Waals surface area (Å²) in [4.78, 5) is 2.65. The van der Waals surface area contributed by atoms with E-state index < -0.39 is 0 Å². The molecule has 0 radical (unpaired) electrons. The molecule has 0 atom stereocenters. The van der Waals surface area contributed by atoms with Crippen molar-refractivity contribution in [1.82, 2.24) is 0 Å². The molecule has 0 aliphatic heterocycles. The van der Waals surface area contributed by atoms with Gasteiger partial charge in [0.05, 0.1) is 0 Å². The molecule has 14 rings (SSSR count). The topological polar surface area (TPSA) is 0 Å². The lowest BCUT2D eigenvalue weighted by atomic mass is 9.82. The third kappa shape index (κ3) is 6.71. The second-order valence-electron chi connectivity index (χ2n) is 19.1. The lowest BCUT2D eigenvalue weighted by molar-refractivity contribution is 1.07. The first-order valence-corrected chi connectivity index (χ1v) is 25.6. The molecule has 1 aromatic heterocycles. The fourth-order valence-corrected chi connectivity index (χ4v) is 13.1. The predicted molar refractivity (Wildman–Crippen MR) is 300 cm³/mol. The number of benzene rings is 10. The van der Waals surface area contributed by atoms with E-state index in [0.29, 0.717) is 0 Å². The quantitative estimate of drug-likeness (QED) is 0.146. The molecule has 3 aliphatic rings. The molecule has 0 N–H and O–H groups in total. The van der Waals surface area contributed by atoms with Crippen LogP contribution in [0.5, 0.6) is 0 Å². The molecular formula is C68H48S. The van der Waals surface area contributed by atoms with Crippen LogP contribution in [0.15, 0.2) is 194 Å². The minimum Gasteiger partial charge on any atom is -0.136 e. The molecule has 0 saturated carbocycles. The molecule has 11 aromatic rings. The van der Waals surface area contributed by atoms with Crippen LogP contribution in [0.4, 0.5) is 0 Å². The van der Waals surface area contributed by atoms with Gasteiger partial charge in [-0.05, 0) is 199 Å². The number of rotatable bonds is 6. The van der Waals surface area contributed by atoms with Gasteiger partial charge in [-0.25, -0.2) is 0 Å². The number of fused-ring (bicyclic) bond motifs is 7. The van der Waals surface area contributed by atoms with Crippen molar-refractivity contribution in [3.8, 4) is 43.8 Å². The Labute approximate surface area is 406 Å². The summed E-state index contributed by atoms with van der Waals surface area (Å²) >= 11 is 1.93. The average molecular weight is 897 g/mol. The number of thiophene rings is 1. The first-order valence-electron chi connectivity index (χ1n) is 24.7. The Morgan fingerprint density at radius 1 is 0.304 bits per heavy atom. The highest BCUT2D eigenvalue weighted by Gasteiger charge is 2.22. The Morgan fingerprint density at radius 3 is 1.48 bits per heavy atom. The third-order valence-corrected chi connectivity index (χ3v) is 16.4. The van der Waals surface area contributed by atoms with Crippen molar-refractivity contribution in [3.05, 3.63) is 225 Å². The molecule has 326 valence electrons. The predicted octanol–water partition coefficient (Wildman–Crippen LogP) is 16.2. The summed E-state index contributed by atoms with van der Waals surface area (Å²) in [6.07, 6.45) is 21.2. The van der Waals surface area contributed by atoms with Crippen LogP contribution in [-0.4, -0.2) is 0 Å².